The Kier molecular flexibility index (Phi) is 3.96. The lowest BCUT2D eigenvalue weighted by atomic mass is 10.1. The zero-order valence-corrected chi connectivity index (χ0v) is 10.5. The SMILES string of the molecule is CCN1C[C@H](C(=O)NCCn2ccnc2)CC1=O. The van der Waals surface area contributed by atoms with Crippen molar-refractivity contribution in [3.63, 3.8) is 0 Å². The fourth-order valence-electron chi connectivity index (χ4n) is 2.12. The highest BCUT2D eigenvalue weighted by Gasteiger charge is 2.32. The van der Waals surface area contributed by atoms with Gasteiger partial charge in [-0.2, -0.15) is 0 Å². The molecule has 1 N–H and O–H groups in total. The standard InChI is InChI=1S/C12H18N4O2/c1-2-16-8-10(7-11(16)17)12(18)14-4-6-15-5-3-13-9-15/h3,5,9-10H,2,4,6-8H2,1H3,(H,14,18)/t10-/m1/s1. The number of likely N-dealkylation sites (tertiary alicyclic amines) is 1. The molecule has 1 aliphatic heterocycles. The van der Waals surface area contributed by atoms with Crippen LogP contribution in [0.5, 0.6) is 0 Å². The molecule has 0 unspecified atom stereocenters. The van der Waals surface area contributed by atoms with Crippen LogP contribution < -0.4 is 5.32 Å². The molecule has 6 heteroatoms. The summed E-state index contributed by atoms with van der Waals surface area (Å²) in [7, 11) is 0. The average molecular weight is 250 g/mol. The maximum atomic E-state index is 11.9. The van der Waals surface area contributed by atoms with E-state index in [-0.39, 0.29) is 17.7 Å². The van der Waals surface area contributed by atoms with Crippen molar-refractivity contribution in [2.45, 2.75) is 19.9 Å². The van der Waals surface area contributed by atoms with E-state index in [0.717, 1.165) is 0 Å². The summed E-state index contributed by atoms with van der Waals surface area (Å²) in [6.07, 6.45) is 5.61. The average Bonchev–Trinajstić information content (AvgIpc) is 2.98. The molecule has 0 saturated carbocycles. The van der Waals surface area contributed by atoms with Crippen molar-refractivity contribution in [2.24, 2.45) is 5.92 Å². The monoisotopic (exact) mass is 250 g/mol. The summed E-state index contributed by atoms with van der Waals surface area (Å²) >= 11 is 0. The van der Waals surface area contributed by atoms with Crippen LogP contribution in [-0.4, -0.2) is 45.9 Å². The summed E-state index contributed by atoms with van der Waals surface area (Å²) in [4.78, 5) is 29.0. The van der Waals surface area contributed by atoms with Crippen molar-refractivity contribution in [3.05, 3.63) is 18.7 Å². The highest BCUT2D eigenvalue weighted by molar-refractivity contribution is 5.89. The minimum Gasteiger partial charge on any atom is -0.354 e. The molecule has 1 fully saturated rings. The van der Waals surface area contributed by atoms with Gasteiger partial charge in [0, 0.05) is 45.0 Å². The van der Waals surface area contributed by atoms with Gasteiger partial charge in [-0.3, -0.25) is 9.59 Å². The van der Waals surface area contributed by atoms with Crippen molar-refractivity contribution in [3.8, 4) is 0 Å². The number of nitrogens with zero attached hydrogens (tertiary/aromatic N) is 3. The molecular weight excluding hydrogens is 232 g/mol. The number of imidazole rings is 1. The molecule has 2 amide bonds. The molecule has 1 aliphatic rings. The second-order valence-corrected chi connectivity index (χ2v) is 4.42. The maximum Gasteiger partial charge on any atom is 0.225 e. The Morgan fingerprint density at radius 1 is 1.61 bits per heavy atom. The fraction of sp³-hybridized carbons (Fsp3) is 0.583. The second-order valence-electron chi connectivity index (χ2n) is 4.42. The van der Waals surface area contributed by atoms with E-state index in [1.807, 2.05) is 17.7 Å². The van der Waals surface area contributed by atoms with Gasteiger partial charge < -0.3 is 14.8 Å². The van der Waals surface area contributed by atoms with Crippen LogP contribution in [0.25, 0.3) is 0 Å². The van der Waals surface area contributed by atoms with Crippen LogP contribution in [0.3, 0.4) is 0 Å². The summed E-state index contributed by atoms with van der Waals surface area (Å²) < 4.78 is 1.90. The summed E-state index contributed by atoms with van der Waals surface area (Å²) in [5, 5.41) is 2.86. The van der Waals surface area contributed by atoms with E-state index >= 15 is 0 Å². The lowest BCUT2D eigenvalue weighted by molar-refractivity contribution is -0.128. The first kappa shape index (κ1) is 12.6. The summed E-state index contributed by atoms with van der Waals surface area (Å²) in [6.45, 7) is 4.41. The van der Waals surface area contributed by atoms with Crippen LogP contribution in [-0.2, 0) is 16.1 Å². The number of nitrogens with one attached hydrogen (secondary N) is 1. The van der Waals surface area contributed by atoms with Gasteiger partial charge in [0.05, 0.1) is 12.2 Å². The highest BCUT2D eigenvalue weighted by Crippen LogP contribution is 2.17. The third kappa shape index (κ3) is 2.88. The number of hydrogen-bond donors (Lipinski definition) is 1. The number of amides is 2. The molecule has 1 atom stereocenters. The molecule has 2 rings (SSSR count). The Morgan fingerprint density at radius 2 is 2.44 bits per heavy atom. The number of carbonyl (C=O) groups excluding carboxylic acids is 2. The predicted molar refractivity (Wildman–Crippen MR) is 65.6 cm³/mol. The lowest BCUT2D eigenvalue weighted by Crippen LogP contribution is -2.34. The van der Waals surface area contributed by atoms with E-state index < -0.39 is 0 Å². The molecular formula is C12H18N4O2. The minimum atomic E-state index is -0.194. The number of hydrogen-bond acceptors (Lipinski definition) is 3. The largest absolute Gasteiger partial charge is 0.354 e. The van der Waals surface area contributed by atoms with E-state index in [2.05, 4.69) is 10.3 Å². The van der Waals surface area contributed by atoms with Gasteiger partial charge >= 0.3 is 0 Å². The number of aromatic nitrogens is 2. The fourth-order valence-corrected chi connectivity index (χ4v) is 2.12. The van der Waals surface area contributed by atoms with E-state index in [4.69, 9.17) is 0 Å². The Labute approximate surface area is 106 Å². The van der Waals surface area contributed by atoms with E-state index in [1.54, 1.807) is 17.4 Å². The van der Waals surface area contributed by atoms with Gasteiger partial charge in [-0.25, -0.2) is 4.98 Å². The van der Waals surface area contributed by atoms with Crippen LogP contribution in [0.1, 0.15) is 13.3 Å². The van der Waals surface area contributed by atoms with E-state index in [9.17, 15) is 9.59 Å². The van der Waals surface area contributed by atoms with Crippen LogP contribution in [0.15, 0.2) is 18.7 Å². The number of carbonyl (C=O) groups is 2. The molecule has 0 aliphatic carbocycles. The molecule has 0 radical (unpaired) electrons. The quantitative estimate of drug-likeness (QED) is 0.791. The normalized spacial score (nSPS) is 19.3. The molecule has 0 spiro atoms. The van der Waals surface area contributed by atoms with Crippen molar-refractivity contribution in [1.29, 1.82) is 0 Å². The van der Waals surface area contributed by atoms with Crippen molar-refractivity contribution < 1.29 is 9.59 Å². The van der Waals surface area contributed by atoms with Gasteiger partial charge in [0.1, 0.15) is 0 Å². The zero-order chi connectivity index (χ0) is 13.0. The van der Waals surface area contributed by atoms with Crippen LogP contribution in [0, 0.1) is 5.92 Å². The Balaban J connectivity index is 1.74. The topological polar surface area (TPSA) is 67.2 Å². The second kappa shape index (κ2) is 5.66. The summed E-state index contributed by atoms with van der Waals surface area (Å²) in [6, 6.07) is 0. The minimum absolute atomic E-state index is 0.0283. The van der Waals surface area contributed by atoms with Crippen LogP contribution >= 0.6 is 0 Å². The van der Waals surface area contributed by atoms with Crippen molar-refractivity contribution >= 4 is 11.8 Å². The molecule has 18 heavy (non-hydrogen) atoms. The Hall–Kier alpha value is -1.85. The van der Waals surface area contributed by atoms with E-state index in [0.29, 0.717) is 32.6 Å². The smallest absolute Gasteiger partial charge is 0.225 e. The lowest BCUT2D eigenvalue weighted by Gasteiger charge is -2.13. The van der Waals surface area contributed by atoms with Crippen LogP contribution in [0.4, 0.5) is 0 Å². The third-order valence-electron chi connectivity index (χ3n) is 3.20. The first-order chi connectivity index (χ1) is 8.70. The maximum absolute atomic E-state index is 11.9. The third-order valence-corrected chi connectivity index (χ3v) is 3.20. The molecule has 0 aromatic carbocycles. The van der Waals surface area contributed by atoms with Gasteiger partial charge in [0.15, 0.2) is 0 Å². The number of rotatable bonds is 5. The Bertz CT molecular complexity index is 416. The molecule has 1 aromatic heterocycles. The predicted octanol–water partition coefficient (Wildman–Crippen LogP) is -0.132. The first-order valence-electron chi connectivity index (χ1n) is 6.22. The zero-order valence-electron chi connectivity index (χ0n) is 10.5. The molecule has 1 saturated heterocycles. The van der Waals surface area contributed by atoms with Gasteiger partial charge in [-0.05, 0) is 6.92 Å². The summed E-state index contributed by atoms with van der Waals surface area (Å²) in [5.74, 6) is -0.146. The molecule has 2 heterocycles. The Morgan fingerprint density at radius 3 is 3.06 bits per heavy atom. The van der Waals surface area contributed by atoms with E-state index in [1.165, 1.54) is 0 Å². The molecule has 6 nitrogen and oxygen atoms in total. The molecule has 98 valence electrons. The van der Waals surface area contributed by atoms with Crippen molar-refractivity contribution in [2.75, 3.05) is 19.6 Å². The first-order valence-corrected chi connectivity index (χ1v) is 6.22. The highest BCUT2D eigenvalue weighted by atomic mass is 16.2. The van der Waals surface area contributed by atoms with Crippen LogP contribution in [0.2, 0.25) is 0 Å². The van der Waals surface area contributed by atoms with Crippen molar-refractivity contribution in [1.82, 2.24) is 19.8 Å². The van der Waals surface area contributed by atoms with Gasteiger partial charge in [0.2, 0.25) is 11.8 Å². The van der Waals surface area contributed by atoms with Gasteiger partial charge in [-0.15, -0.1) is 0 Å². The molecule has 0 bridgehead atoms. The van der Waals surface area contributed by atoms with Gasteiger partial charge in [-0.1, -0.05) is 0 Å². The van der Waals surface area contributed by atoms with Gasteiger partial charge in [0.25, 0.3) is 0 Å². The molecule has 1 aromatic rings. The summed E-state index contributed by atoms with van der Waals surface area (Å²) in [5.41, 5.74) is 0.